The first kappa shape index (κ1) is 18.0. The number of anilines is 1. The second-order valence-corrected chi connectivity index (χ2v) is 7.10. The number of amides is 2. The van der Waals surface area contributed by atoms with Crippen molar-refractivity contribution < 1.29 is 14.3 Å². The van der Waals surface area contributed by atoms with Crippen LogP contribution in [0.1, 0.15) is 26.7 Å². The van der Waals surface area contributed by atoms with Crippen molar-refractivity contribution in [3.63, 3.8) is 0 Å². The number of carbonyl (C=O) groups is 1. The maximum absolute atomic E-state index is 12.8. The van der Waals surface area contributed by atoms with Gasteiger partial charge >= 0.3 is 6.03 Å². The van der Waals surface area contributed by atoms with E-state index in [1.54, 1.807) is 7.11 Å². The van der Waals surface area contributed by atoms with Gasteiger partial charge in [0.05, 0.1) is 25.0 Å². The number of hydrogen-bond donors (Lipinski definition) is 1. The molecule has 0 bridgehead atoms. The third kappa shape index (κ3) is 4.44. The standard InChI is InChI=1S/C19H29N3O3/c1-14-11-21(12-15(2)25-14)13-16-7-6-10-22(16)19(23)20-17-8-4-5-9-18(17)24-3/h4-5,8-9,14-16H,6-7,10-13H2,1-3H3,(H,20,23)/t14-,15-,16-/m1/s1. The lowest BCUT2D eigenvalue weighted by molar-refractivity contribution is -0.0712. The summed E-state index contributed by atoms with van der Waals surface area (Å²) in [5, 5.41) is 3.01. The van der Waals surface area contributed by atoms with Crippen LogP contribution < -0.4 is 10.1 Å². The molecular formula is C19H29N3O3. The summed E-state index contributed by atoms with van der Waals surface area (Å²) >= 11 is 0. The van der Waals surface area contributed by atoms with E-state index in [2.05, 4.69) is 24.1 Å². The fourth-order valence-corrected chi connectivity index (χ4v) is 3.96. The van der Waals surface area contributed by atoms with Gasteiger partial charge in [0, 0.05) is 32.2 Å². The molecule has 1 aromatic rings. The molecule has 0 unspecified atom stereocenters. The average Bonchev–Trinajstić information content (AvgIpc) is 3.02. The largest absolute Gasteiger partial charge is 0.495 e. The second-order valence-electron chi connectivity index (χ2n) is 7.10. The molecule has 1 N–H and O–H groups in total. The number of likely N-dealkylation sites (tertiary alicyclic amines) is 1. The maximum atomic E-state index is 12.8. The number of morpholine rings is 1. The number of nitrogens with zero attached hydrogens (tertiary/aromatic N) is 2. The van der Waals surface area contributed by atoms with Crippen molar-refractivity contribution in [2.45, 2.75) is 44.9 Å². The Morgan fingerprint density at radius 1 is 1.28 bits per heavy atom. The van der Waals surface area contributed by atoms with Crippen LogP contribution >= 0.6 is 0 Å². The molecule has 25 heavy (non-hydrogen) atoms. The number of carbonyl (C=O) groups excluding carboxylic acids is 1. The molecular weight excluding hydrogens is 318 g/mol. The Balaban J connectivity index is 1.61. The van der Waals surface area contributed by atoms with Gasteiger partial charge in [0.15, 0.2) is 0 Å². The molecule has 0 aliphatic carbocycles. The molecule has 3 rings (SSSR count). The SMILES string of the molecule is COc1ccccc1NC(=O)N1CCC[C@@H]1CN1C[C@@H](C)O[C@H](C)C1. The number of para-hydroxylation sites is 2. The van der Waals surface area contributed by atoms with Gasteiger partial charge in [-0.05, 0) is 38.8 Å². The zero-order valence-corrected chi connectivity index (χ0v) is 15.4. The maximum Gasteiger partial charge on any atom is 0.322 e. The Morgan fingerprint density at radius 3 is 2.72 bits per heavy atom. The molecule has 2 heterocycles. The Kier molecular flexibility index (Phi) is 5.81. The van der Waals surface area contributed by atoms with E-state index in [9.17, 15) is 4.79 Å². The number of benzene rings is 1. The molecule has 0 radical (unpaired) electrons. The zero-order valence-electron chi connectivity index (χ0n) is 15.4. The van der Waals surface area contributed by atoms with Crippen LogP contribution in [0.3, 0.4) is 0 Å². The first-order valence-corrected chi connectivity index (χ1v) is 9.15. The Morgan fingerprint density at radius 2 is 2.00 bits per heavy atom. The van der Waals surface area contributed by atoms with Gasteiger partial charge in [-0.1, -0.05) is 12.1 Å². The van der Waals surface area contributed by atoms with Crippen LogP contribution in [0.2, 0.25) is 0 Å². The second kappa shape index (κ2) is 8.06. The lowest BCUT2D eigenvalue weighted by Gasteiger charge is -2.38. The monoisotopic (exact) mass is 347 g/mol. The van der Waals surface area contributed by atoms with Gasteiger partial charge in [-0.15, -0.1) is 0 Å². The average molecular weight is 347 g/mol. The van der Waals surface area contributed by atoms with E-state index in [0.29, 0.717) is 11.4 Å². The highest BCUT2D eigenvalue weighted by molar-refractivity contribution is 5.91. The quantitative estimate of drug-likeness (QED) is 0.910. The van der Waals surface area contributed by atoms with Crippen LogP contribution in [0, 0.1) is 0 Å². The lowest BCUT2D eigenvalue weighted by Crippen LogP contribution is -2.51. The van der Waals surface area contributed by atoms with Crippen LogP contribution in [0.15, 0.2) is 24.3 Å². The van der Waals surface area contributed by atoms with E-state index in [1.165, 1.54) is 0 Å². The first-order valence-electron chi connectivity index (χ1n) is 9.15. The van der Waals surface area contributed by atoms with E-state index in [4.69, 9.17) is 9.47 Å². The van der Waals surface area contributed by atoms with Crippen molar-refractivity contribution >= 4 is 11.7 Å². The lowest BCUT2D eigenvalue weighted by atomic mass is 10.1. The molecule has 2 amide bonds. The van der Waals surface area contributed by atoms with Crippen molar-refractivity contribution in [3.05, 3.63) is 24.3 Å². The zero-order chi connectivity index (χ0) is 17.8. The smallest absolute Gasteiger partial charge is 0.322 e. The summed E-state index contributed by atoms with van der Waals surface area (Å²) in [7, 11) is 1.62. The molecule has 0 spiro atoms. The van der Waals surface area contributed by atoms with Gasteiger partial charge in [-0.3, -0.25) is 4.90 Å². The van der Waals surface area contributed by atoms with Crippen molar-refractivity contribution in [3.8, 4) is 5.75 Å². The first-order chi connectivity index (χ1) is 12.1. The predicted molar refractivity (Wildman–Crippen MR) is 98.2 cm³/mol. The van der Waals surface area contributed by atoms with Gasteiger partial charge < -0.3 is 19.7 Å². The molecule has 0 saturated carbocycles. The Bertz CT molecular complexity index is 585. The van der Waals surface area contributed by atoms with Crippen LogP contribution in [-0.2, 0) is 4.74 Å². The highest BCUT2D eigenvalue weighted by atomic mass is 16.5. The van der Waals surface area contributed by atoms with Gasteiger partial charge in [0.2, 0.25) is 0 Å². The highest BCUT2D eigenvalue weighted by Crippen LogP contribution is 2.26. The molecule has 3 atom stereocenters. The van der Waals surface area contributed by atoms with E-state index in [-0.39, 0.29) is 24.3 Å². The molecule has 138 valence electrons. The molecule has 0 aromatic heterocycles. The minimum absolute atomic E-state index is 0.0404. The van der Waals surface area contributed by atoms with Crippen LogP contribution in [0.4, 0.5) is 10.5 Å². The molecule has 6 nitrogen and oxygen atoms in total. The summed E-state index contributed by atoms with van der Waals surface area (Å²) in [5.41, 5.74) is 0.717. The van der Waals surface area contributed by atoms with Crippen molar-refractivity contribution in [2.24, 2.45) is 0 Å². The summed E-state index contributed by atoms with van der Waals surface area (Å²) in [6.07, 6.45) is 2.61. The summed E-state index contributed by atoms with van der Waals surface area (Å²) in [4.78, 5) is 17.2. The summed E-state index contributed by atoms with van der Waals surface area (Å²) in [6, 6.07) is 7.73. The summed E-state index contributed by atoms with van der Waals surface area (Å²) in [6.45, 7) is 7.82. The van der Waals surface area contributed by atoms with Crippen LogP contribution in [-0.4, -0.2) is 67.4 Å². The van der Waals surface area contributed by atoms with Gasteiger partial charge in [0.1, 0.15) is 5.75 Å². The van der Waals surface area contributed by atoms with E-state index < -0.39 is 0 Å². The number of rotatable bonds is 4. The van der Waals surface area contributed by atoms with Gasteiger partial charge in [0.25, 0.3) is 0 Å². The number of nitrogens with one attached hydrogen (secondary N) is 1. The summed E-state index contributed by atoms with van der Waals surface area (Å²) in [5.74, 6) is 0.683. The third-order valence-electron chi connectivity index (χ3n) is 4.95. The van der Waals surface area contributed by atoms with Crippen LogP contribution in [0.5, 0.6) is 5.75 Å². The van der Waals surface area contributed by atoms with E-state index in [1.807, 2.05) is 29.2 Å². The molecule has 2 aliphatic heterocycles. The number of ether oxygens (including phenoxy) is 2. The normalized spacial score (nSPS) is 27.3. The Labute approximate surface area is 150 Å². The minimum atomic E-state index is -0.0404. The van der Waals surface area contributed by atoms with Gasteiger partial charge in [-0.2, -0.15) is 0 Å². The van der Waals surface area contributed by atoms with Gasteiger partial charge in [-0.25, -0.2) is 4.79 Å². The third-order valence-corrected chi connectivity index (χ3v) is 4.95. The van der Waals surface area contributed by atoms with E-state index in [0.717, 1.165) is 39.0 Å². The number of urea groups is 1. The predicted octanol–water partition coefficient (Wildman–Crippen LogP) is 2.80. The molecule has 2 fully saturated rings. The van der Waals surface area contributed by atoms with Crippen molar-refractivity contribution in [1.29, 1.82) is 0 Å². The van der Waals surface area contributed by atoms with E-state index >= 15 is 0 Å². The molecule has 2 aliphatic rings. The Hall–Kier alpha value is -1.79. The molecule has 2 saturated heterocycles. The molecule has 6 heteroatoms. The molecule has 1 aromatic carbocycles. The topological polar surface area (TPSA) is 54.0 Å². The van der Waals surface area contributed by atoms with Crippen molar-refractivity contribution in [1.82, 2.24) is 9.80 Å². The van der Waals surface area contributed by atoms with Crippen LogP contribution in [0.25, 0.3) is 0 Å². The fourth-order valence-electron chi connectivity index (χ4n) is 3.96. The van der Waals surface area contributed by atoms with Crippen molar-refractivity contribution in [2.75, 3.05) is 38.6 Å². The number of methoxy groups -OCH3 is 1. The fraction of sp³-hybridized carbons (Fsp3) is 0.632. The number of hydrogen-bond acceptors (Lipinski definition) is 4. The minimum Gasteiger partial charge on any atom is -0.495 e. The highest BCUT2D eigenvalue weighted by Gasteiger charge is 2.32. The summed E-state index contributed by atoms with van der Waals surface area (Å²) < 4.78 is 11.1.